The molecule has 6 aliphatic rings. The molecular weight excluding hydrogens is 704 g/mol. The maximum absolute atomic E-state index is 10.1. The minimum Gasteiger partial charge on any atom is -0.396 e. The van der Waals surface area contributed by atoms with E-state index >= 15 is 0 Å². The number of aliphatic imine (C=N–C) groups is 2. The average Bonchev–Trinajstić information content (AvgIpc) is 3.96. The molecule has 54 heavy (non-hydrogen) atoms. The molecule has 306 valence electrons. The molecule has 0 bridgehead atoms. The standard InChI is InChI=1S/C15H10N2O2.C6H14O2.C3H8O3.3C3H6O.3C2H4O/c18-10-16-14-5-1-12(2-6-14)9-13-3-7-15(8-4-13)17-11-19;7-5-3-1-2-4-6-8;4-1-3(6)2-5;3*1-3-2-4-3;3*1-2-3-1/h1-8H,9H2;7-8H,1-6H2;3-6H,1-2H2;3*3H,2H2,1H3;3*1-2H2. The van der Waals surface area contributed by atoms with Crippen LogP contribution in [0.1, 0.15) is 57.6 Å². The van der Waals surface area contributed by atoms with E-state index in [1.54, 1.807) is 24.3 Å². The minimum absolute atomic E-state index is 0.283. The van der Waals surface area contributed by atoms with Crippen LogP contribution in [0.25, 0.3) is 0 Å². The second kappa shape index (κ2) is 36.7. The summed E-state index contributed by atoms with van der Waals surface area (Å²) in [6.45, 7) is 15.0. The van der Waals surface area contributed by atoms with Crippen molar-refractivity contribution in [2.75, 3.05) is 85.9 Å². The molecule has 6 aliphatic heterocycles. The maximum atomic E-state index is 10.1. The second-order valence-corrected chi connectivity index (χ2v) is 12.1. The van der Waals surface area contributed by atoms with E-state index in [0.29, 0.717) is 29.7 Å². The number of aliphatic hydroxyl groups is 5. The van der Waals surface area contributed by atoms with E-state index in [1.807, 2.05) is 24.3 Å². The van der Waals surface area contributed by atoms with E-state index in [9.17, 15) is 9.59 Å². The monoisotopic (exact) mass is 766 g/mol. The Balaban J connectivity index is 0.000000659. The van der Waals surface area contributed by atoms with Crippen LogP contribution < -0.4 is 0 Å². The summed E-state index contributed by atoms with van der Waals surface area (Å²) in [5, 5.41) is 40.6. The molecule has 3 atom stereocenters. The van der Waals surface area contributed by atoms with Gasteiger partial charge < -0.3 is 54.0 Å². The first-order valence-corrected chi connectivity index (χ1v) is 18.3. The van der Waals surface area contributed by atoms with Crippen molar-refractivity contribution in [3.8, 4) is 0 Å². The molecule has 6 saturated heterocycles. The van der Waals surface area contributed by atoms with Gasteiger partial charge in [-0.2, -0.15) is 9.98 Å². The molecule has 6 heterocycles. The van der Waals surface area contributed by atoms with Gasteiger partial charge in [0.2, 0.25) is 12.2 Å². The molecule has 3 unspecified atom stereocenters. The third-order valence-corrected chi connectivity index (χ3v) is 6.23. The summed E-state index contributed by atoms with van der Waals surface area (Å²) < 4.78 is 27.6. The van der Waals surface area contributed by atoms with E-state index in [1.165, 1.54) is 12.2 Å². The predicted octanol–water partition coefficient (Wildman–Crippen LogP) is 3.34. The van der Waals surface area contributed by atoms with Crippen LogP contribution in [0.3, 0.4) is 0 Å². The van der Waals surface area contributed by atoms with Gasteiger partial charge in [-0.25, -0.2) is 9.59 Å². The molecule has 8 rings (SSSR count). The number of isocyanates is 2. The third-order valence-electron chi connectivity index (χ3n) is 6.23. The van der Waals surface area contributed by atoms with Gasteiger partial charge in [0.15, 0.2) is 0 Å². The van der Waals surface area contributed by atoms with Crippen LogP contribution in [0.2, 0.25) is 0 Å². The number of rotatable bonds is 11. The lowest BCUT2D eigenvalue weighted by molar-refractivity contribution is 0.0450. The van der Waals surface area contributed by atoms with E-state index in [4.69, 9.17) is 39.7 Å². The lowest BCUT2D eigenvalue weighted by Crippen LogP contribution is -2.15. The van der Waals surface area contributed by atoms with Crippen molar-refractivity contribution in [3.05, 3.63) is 59.7 Å². The van der Waals surface area contributed by atoms with Gasteiger partial charge in [0, 0.05) is 13.2 Å². The average molecular weight is 767 g/mol. The Labute approximate surface area is 319 Å². The number of hydrogen-bond donors (Lipinski definition) is 5. The highest BCUT2D eigenvalue weighted by atomic mass is 16.6. The van der Waals surface area contributed by atoms with Crippen LogP contribution in [0.15, 0.2) is 58.5 Å². The van der Waals surface area contributed by atoms with Crippen molar-refractivity contribution in [3.63, 3.8) is 0 Å². The Morgan fingerprint density at radius 2 is 0.833 bits per heavy atom. The first-order valence-electron chi connectivity index (χ1n) is 18.3. The topological polar surface area (TPSA) is 235 Å². The van der Waals surface area contributed by atoms with Crippen LogP contribution >= 0.6 is 0 Å². The molecule has 5 N–H and O–H groups in total. The summed E-state index contributed by atoms with van der Waals surface area (Å²) in [7, 11) is 0. The zero-order valence-electron chi connectivity index (χ0n) is 32.1. The summed E-state index contributed by atoms with van der Waals surface area (Å²) in [5.41, 5.74) is 3.40. The van der Waals surface area contributed by atoms with Gasteiger partial charge in [-0.05, 0) is 75.4 Å². The number of unbranched alkanes of at least 4 members (excludes halogenated alkanes) is 3. The Morgan fingerprint density at radius 1 is 0.574 bits per heavy atom. The lowest BCUT2D eigenvalue weighted by atomic mass is 10.0. The van der Waals surface area contributed by atoms with E-state index < -0.39 is 6.10 Å². The first kappa shape index (κ1) is 50.8. The van der Waals surface area contributed by atoms with E-state index in [2.05, 4.69) is 45.0 Å². The number of hydrogen-bond acceptors (Lipinski definition) is 15. The number of epoxide rings is 6. The summed E-state index contributed by atoms with van der Waals surface area (Å²) in [6, 6.07) is 14.7. The second-order valence-electron chi connectivity index (χ2n) is 12.1. The highest BCUT2D eigenvalue weighted by molar-refractivity contribution is 5.51. The lowest BCUT2D eigenvalue weighted by Gasteiger charge is -2.02. The zero-order chi connectivity index (χ0) is 40.1. The zero-order valence-corrected chi connectivity index (χ0v) is 32.1. The van der Waals surface area contributed by atoms with Crippen molar-refractivity contribution in [2.24, 2.45) is 9.98 Å². The van der Waals surface area contributed by atoms with Gasteiger partial charge >= 0.3 is 0 Å². The van der Waals surface area contributed by atoms with Crippen LogP contribution in [-0.2, 0) is 44.4 Å². The molecule has 6 fully saturated rings. The Hall–Kier alpha value is -3.24. The Kier molecular flexibility index (Phi) is 34.5. The molecule has 2 aromatic carbocycles. The molecule has 0 aromatic heterocycles. The van der Waals surface area contributed by atoms with E-state index in [-0.39, 0.29) is 26.4 Å². The van der Waals surface area contributed by atoms with Gasteiger partial charge in [-0.3, -0.25) is 0 Å². The summed E-state index contributed by atoms with van der Waals surface area (Å²) in [6.07, 6.45) is 8.39. The first-order chi connectivity index (χ1) is 26.2. The Morgan fingerprint density at radius 3 is 0.981 bits per heavy atom. The van der Waals surface area contributed by atoms with Crippen LogP contribution in [0, 0.1) is 0 Å². The summed E-state index contributed by atoms with van der Waals surface area (Å²) >= 11 is 0. The fraction of sp³-hybridized carbons (Fsp3) is 0.641. The highest BCUT2D eigenvalue weighted by Gasteiger charge is 2.14. The van der Waals surface area contributed by atoms with Gasteiger partial charge in [0.1, 0.15) is 6.10 Å². The van der Waals surface area contributed by atoms with Crippen molar-refractivity contribution in [1.82, 2.24) is 0 Å². The summed E-state index contributed by atoms with van der Waals surface area (Å²) in [5.74, 6) is 0. The van der Waals surface area contributed by atoms with Crippen LogP contribution in [0.5, 0.6) is 0 Å². The molecule has 15 nitrogen and oxygen atoms in total. The molecule has 15 heteroatoms. The third kappa shape index (κ3) is 48.8. The number of aliphatic hydroxyl groups excluding tert-OH is 5. The van der Waals surface area contributed by atoms with Crippen LogP contribution in [-0.4, -0.2) is 148 Å². The molecule has 0 saturated carbocycles. The SMILES string of the molecule is C1CO1.C1CO1.C1CO1.CC1CO1.CC1CO1.CC1CO1.O=C=Nc1ccc(Cc2ccc(N=C=O)cc2)cc1.OCC(O)CO.OCCCCCCO. The number of benzene rings is 2. The number of ether oxygens (including phenoxy) is 6. The molecule has 0 radical (unpaired) electrons. The fourth-order valence-electron chi connectivity index (χ4n) is 2.64. The molecule has 0 aliphatic carbocycles. The van der Waals surface area contributed by atoms with Crippen molar-refractivity contribution in [2.45, 2.75) is 77.3 Å². The normalized spacial score (nSPS) is 18.6. The quantitative estimate of drug-likeness (QED) is 0.0957. The highest BCUT2D eigenvalue weighted by Crippen LogP contribution is 2.18. The molecular formula is C39H62N2O13. The van der Waals surface area contributed by atoms with E-state index in [0.717, 1.165) is 103 Å². The molecule has 0 spiro atoms. The van der Waals surface area contributed by atoms with Crippen molar-refractivity contribution >= 4 is 23.5 Å². The smallest absolute Gasteiger partial charge is 0.240 e. The predicted molar refractivity (Wildman–Crippen MR) is 203 cm³/mol. The van der Waals surface area contributed by atoms with Crippen molar-refractivity contribution < 1.29 is 63.5 Å². The molecule has 0 amide bonds. The Bertz CT molecular complexity index is 1090. The van der Waals surface area contributed by atoms with Gasteiger partial charge in [0.25, 0.3) is 0 Å². The summed E-state index contributed by atoms with van der Waals surface area (Å²) in [4.78, 5) is 27.3. The largest absolute Gasteiger partial charge is 0.396 e. The van der Waals surface area contributed by atoms with Gasteiger partial charge in [-0.15, -0.1) is 0 Å². The van der Waals surface area contributed by atoms with Gasteiger partial charge in [-0.1, -0.05) is 37.1 Å². The maximum Gasteiger partial charge on any atom is 0.240 e. The number of carbonyl (C=O) groups excluding carboxylic acids is 2. The minimum atomic E-state index is -0.954. The van der Waals surface area contributed by atoms with Crippen molar-refractivity contribution in [1.29, 1.82) is 0 Å². The molecule has 2 aromatic rings. The number of nitrogens with zero attached hydrogens (tertiary/aromatic N) is 2. The van der Waals surface area contributed by atoms with Gasteiger partial charge in [0.05, 0.1) is 102 Å². The fourth-order valence-corrected chi connectivity index (χ4v) is 2.64. The van der Waals surface area contributed by atoms with Crippen LogP contribution in [0.4, 0.5) is 11.4 Å².